The number of fused-ring (bicyclic) bond motifs is 1. The lowest BCUT2D eigenvalue weighted by molar-refractivity contribution is 0.0432. The quantitative estimate of drug-likeness (QED) is 0.875. The van der Waals surface area contributed by atoms with Crippen molar-refractivity contribution in [3.8, 4) is 0 Å². The molecule has 1 heterocycles. The van der Waals surface area contributed by atoms with Gasteiger partial charge in [0.25, 0.3) is 0 Å². The summed E-state index contributed by atoms with van der Waals surface area (Å²) in [6.07, 6.45) is 0.661. The van der Waals surface area contributed by atoms with E-state index in [4.69, 9.17) is 4.74 Å². The highest BCUT2D eigenvalue weighted by molar-refractivity contribution is 5.83. The Morgan fingerprint density at radius 2 is 1.94 bits per heavy atom. The van der Waals surface area contributed by atoms with Gasteiger partial charge in [-0.3, -0.25) is 0 Å². The molecular weight excluding hydrogens is 224 g/mol. The third-order valence-electron chi connectivity index (χ3n) is 3.96. The molecule has 3 rings (SSSR count). The van der Waals surface area contributed by atoms with Gasteiger partial charge in [0.1, 0.15) is 0 Å². The van der Waals surface area contributed by atoms with Crippen molar-refractivity contribution in [2.75, 3.05) is 6.61 Å². The first-order valence-electron chi connectivity index (χ1n) is 6.54. The summed E-state index contributed by atoms with van der Waals surface area (Å²) in [6.45, 7) is 2.80. The molecule has 0 saturated carbocycles. The summed E-state index contributed by atoms with van der Waals surface area (Å²) in [6, 6.07) is 14.4. The van der Waals surface area contributed by atoms with Gasteiger partial charge in [-0.2, -0.15) is 0 Å². The smallest absolute Gasteiger partial charge is 0.0843 e. The van der Waals surface area contributed by atoms with Gasteiger partial charge in [-0.05, 0) is 35.7 Å². The lowest BCUT2D eigenvalue weighted by Gasteiger charge is -2.21. The molecule has 0 radical (unpaired) electrons. The largest absolute Gasteiger partial charge is 0.388 e. The van der Waals surface area contributed by atoms with E-state index in [2.05, 4.69) is 24.3 Å². The van der Waals surface area contributed by atoms with E-state index in [1.54, 1.807) is 0 Å². The number of aliphatic hydroxyl groups excluding tert-OH is 1. The first-order valence-corrected chi connectivity index (χ1v) is 6.54. The Hall–Kier alpha value is -1.38. The fourth-order valence-electron chi connectivity index (χ4n) is 2.80. The molecule has 3 atom stereocenters. The molecule has 1 saturated heterocycles. The number of hydrogen-bond acceptors (Lipinski definition) is 2. The van der Waals surface area contributed by atoms with Crippen LogP contribution in [0, 0.1) is 5.92 Å². The van der Waals surface area contributed by atoms with Gasteiger partial charge in [0, 0.05) is 12.5 Å². The zero-order valence-corrected chi connectivity index (χ0v) is 10.5. The van der Waals surface area contributed by atoms with Crippen LogP contribution in [-0.4, -0.2) is 17.8 Å². The molecule has 1 N–H and O–H groups in total. The minimum Gasteiger partial charge on any atom is -0.388 e. The maximum atomic E-state index is 10.5. The summed E-state index contributed by atoms with van der Waals surface area (Å²) in [4.78, 5) is 0. The molecular formula is C16H18O2. The standard InChI is InChI=1S/C16H18O2/c1-11-15(8-9-18-11)16(17)14-7-6-12-4-2-3-5-13(12)10-14/h2-7,10-11,15-17H,8-9H2,1H3. The van der Waals surface area contributed by atoms with Crippen molar-refractivity contribution in [3.05, 3.63) is 48.0 Å². The van der Waals surface area contributed by atoms with Gasteiger partial charge in [-0.1, -0.05) is 36.4 Å². The van der Waals surface area contributed by atoms with Crippen LogP contribution in [0.1, 0.15) is 25.0 Å². The molecule has 1 aliphatic rings. The van der Waals surface area contributed by atoms with Gasteiger partial charge in [0.05, 0.1) is 12.2 Å². The van der Waals surface area contributed by atoms with Crippen molar-refractivity contribution in [3.63, 3.8) is 0 Å². The Bertz CT molecular complexity index is 550. The number of ether oxygens (including phenoxy) is 1. The van der Waals surface area contributed by atoms with E-state index in [1.807, 2.05) is 25.1 Å². The van der Waals surface area contributed by atoms with E-state index in [0.717, 1.165) is 18.6 Å². The van der Waals surface area contributed by atoms with Crippen LogP contribution in [0.25, 0.3) is 10.8 Å². The average Bonchev–Trinajstić information content (AvgIpc) is 2.83. The minimum absolute atomic E-state index is 0.145. The monoisotopic (exact) mass is 242 g/mol. The minimum atomic E-state index is -0.424. The van der Waals surface area contributed by atoms with Crippen molar-refractivity contribution in [2.45, 2.75) is 25.6 Å². The second-order valence-corrected chi connectivity index (χ2v) is 5.08. The highest BCUT2D eigenvalue weighted by atomic mass is 16.5. The molecule has 0 amide bonds. The summed E-state index contributed by atoms with van der Waals surface area (Å²) in [5.74, 6) is 0.214. The van der Waals surface area contributed by atoms with Crippen LogP contribution in [0.15, 0.2) is 42.5 Å². The lowest BCUT2D eigenvalue weighted by atomic mass is 9.90. The molecule has 0 aromatic heterocycles. The second kappa shape index (κ2) is 4.71. The van der Waals surface area contributed by atoms with Crippen LogP contribution in [0.5, 0.6) is 0 Å². The van der Waals surface area contributed by atoms with E-state index in [0.29, 0.717) is 0 Å². The summed E-state index contributed by atoms with van der Waals surface area (Å²) in [7, 11) is 0. The molecule has 0 aliphatic carbocycles. The third-order valence-corrected chi connectivity index (χ3v) is 3.96. The van der Waals surface area contributed by atoms with E-state index in [-0.39, 0.29) is 12.0 Å². The number of rotatable bonds is 2. The molecule has 1 fully saturated rings. The van der Waals surface area contributed by atoms with Gasteiger partial charge in [0.15, 0.2) is 0 Å². The van der Waals surface area contributed by atoms with E-state index >= 15 is 0 Å². The highest BCUT2D eigenvalue weighted by Crippen LogP contribution is 2.34. The lowest BCUT2D eigenvalue weighted by Crippen LogP contribution is -2.19. The van der Waals surface area contributed by atoms with Crippen molar-refractivity contribution < 1.29 is 9.84 Å². The van der Waals surface area contributed by atoms with Gasteiger partial charge < -0.3 is 9.84 Å². The number of benzene rings is 2. The second-order valence-electron chi connectivity index (χ2n) is 5.08. The molecule has 2 aromatic rings. The third kappa shape index (κ3) is 2.02. The number of hydrogen-bond donors (Lipinski definition) is 1. The molecule has 0 bridgehead atoms. The molecule has 18 heavy (non-hydrogen) atoms. The van der Waals surface area contributed by atoms with Crippen molar-refractivity contribution in [1.29, 1.82) is 0 Å². The molecule has 2 aromatic carbocycles. The van der Waals surface area contributed by atoms with Crippen molar-refractivity contribution >= 4 is 10.8 Å². The van der Waals surface area contributed by atoms with E-state index < -0.39 is 6.10 Å². The highest BCUT2D eigenvalue weighted by Gasteiger charge is 2.31. The van der Waals surface area contributed by atoms with E-state index in [1.165, 1.54) is 10.8 Å². The first kappa shape index (κ1) is 11.7. The maximum Gasteiger partial charge on any atom is 0.0843 e. The fraction of sp³-hybridized carbons (Fsp3) is 0.375. The summed E-state index contributed by atoms with van der Waals surface area (Å²) >= 11 is 0. The van der Waals surface area contributed by atoms with Gasteiger partial charge in [-0.25, -0.2) is 0 Å². The molecule has 2 nitrogen and oxygen atoms in total. The fourth-order valence-corrected chi connectivity index (χ4v) is 2.80. The number of aliphatic hydroxyl groups is 1. The summed E-state index contributed by atoms with van der Waals surface area (Å²) < 4.78 is 5.54. The predicted octanol–water partition coefficient (Wildman–Crippen LogP) is 3.30. The van der Waals surface area contributed by atoms with Gasteiger partial charge in [0.2, 0.25) is 0 Å². The summed E-state index contributed by atoms with van der Waals surface area (Å²) in [5, 5.41) is 12.9. The molecule has 0 spiro atoms. The van der Waals surface area contributed by atoms with Crippen LogP contribution in [-0.2, 0) is 4.74 Å². The topological polar surface area (TPSA) is 29.5 Å². The normalized spacial score (nSPS) is 25.4. The van der Waals surface area contributed by atoms with Crippen LogP contribution in [0.2, 0.25) is 0 Å². The Balaban J connectivity index is 1.93. The summed E-state index contributed by atoms with van der Waals surface area (Å²) in [5.41, 5.74) is 0.996. The SMILES string of the molecule is CC1OCCC1C(O)c1ccc2ccccc2c1. The van der Waals surface area contributed by atoms with Gasteiger partial charge >= 0.3 is 0 Å². The zero-order chi connectivity index (χ0) is 12.5. The molecule has 3 unspecified atom stereocenters. The molecule has 2 heteroatoms. The van der Waals surface area contributed by atoms with Crippen LogP contribution in [0.4, 0.5) is 0 Å². The van der Waals surface area contributed by atoms with Crippen LogP contribution in [0.3, 0.4) is 0 Å². The Morgan fingerprint density at radius 3 is 2.67 bits per heavy atom. The van der Waals surface area contributed by atoms with Crippen molar-refractivity contribution in [1.82, 2.24) is 0 Å². The van der Waals surface area contributed by atoms with Crippen LogP contribution >= 0.6 is 0 Å². The van der Waals surface area contributed by atoms with Crippen molar-refractivity contribution in [2.24, 2.45) is 5.92 Å². The van der Waals surface area contributed by atoms with E-state index in [9.17, 15) is 5.11 Å². The maximum absolute atomic E-state index is 10.5. The molecule has 94 valence electrons. The van der Waals surface area contributed by atoms with Gasteiger partial charge in [-0.15, -0.1) is 0 Å². The Morgan fingerprint density at radius 1 is 1.17 bits per heavy atom. The molecule has 1 aliphatic heterocycles. The Kier molecular flexibility index (Phi) is 3.06. The van der Waals surface area contributed by atoms with Crippen LogP contribution < -0.4 is 0 Å². The average molecular weight is 242 g/mol. The first-order chi connectivity index (χ1) is 8.75. The zero-order valence-electron chi connectivity index (χ0n) is 10.5. The Labute approximate surface area is 107 Å². The predicted molar refractivity (Wildman–Crippen MR) is 72.4 cm³/mol.